The first-order chi connectivity index (χ1) is 20.5. The highest BCUT2D eigenvalue weighted by Crippen LogP contribution is 2.43. The first-order valence-electron chi connectivity index (χ1n) is 14.8. The third kappa shape index (κ3) is 7.23. The molecular weight excluding hydrogens is 562 g/mol. The quantitative estimate of drug-likeness (QED) is 0.292. The number of carboxylic acid groups (broad SMARTS) is 1. The molecule has 1 aliphatic carbocycles. The van der Waals surface area contributed by atoms with E-state index < -0.39 is 5.97 Å². The van der Waals surface area contributed by atoms with Crippen LogP contribution in [0.15, 0.2) is 72.3 Å². The summed E-state index contributed by atoms with van der Waals surface area (Å²) in [6.07, 6.45) is 3.34. The van der Waals surface area contributed by atoms with Crippen LogP contribution >= 0.6 is 11.6 Å². The van der Waals surface area contributed by atoms with E-state index >= 15 is 0 Å². The van der Waals surface area contributed by atoms with Gasteiger partial charge in [0.05, 0.1) is 5.56 Å². The van der Waals surface area contributed by atoms with Gasteiger partial charge in [0.1, 0.15) is 17.1 Å². The lowest BCUT2D eigenvalue weighted by Gasteiger charge is -2.39. The van der Waals surface area contributed by atoms with Gasteiger partial charge >= 0.3 is 5.97 Å². The number of allylic oxidation sites excluding steroid dienone is 1. The van der Waals surface area contributed by atoms with E-state index in [1.807, 2.05) is 18.2 Å². The Labute approximate surface area is 259 Å². The molecule has 43 heavy (non-hydrogen) atoms. The highest BCUT2D eigenvalue weighted by molar-refractivity contribution is 6.30. The van der Waals surface area contributed by atoms with E-state index in [0.29, 0.717) is 11.3 Å². The van der Waals surface area contributed by atoms with Crippen molar-refractivity contribution in [3.8, 4) is 11.5 Å². The van der Waals surface area contributed by atoms with Crippen LogP contribution in [0.3, 0.4) is 0 Å². The number of rotatable bonds is 8. The number of carbonyl (C=O) groups is 2. The van der Waals surface area contributed by atoms with Gasteiger partial charge in [-0.25, -0.2) is 4.79 Å². The van der Waals surface area contributed by atoms with Gasteiger partial charge in [0.25, 0.3) is 5.91 Å². The predicted octanol–water partition coefficient (Wildman–Crippen LogP) is 7.32. The second-order valence-electron chi connectivity index (χ2n) is 12.5. The van der Waals surface area contributed by atoms with Gasteiger partial charge in [0.15, 0.2) is 0 Å². The molecule has 7 nitrogen and oxygen atoms in total. The summed E-state index contributed by atoms with van der Waals surface area (Å²) in [4.78, 5) is 31.0. The van der Waals surface area contributed by atoms with Crippen LogP contribution < -0.4 is 9.64 Å². The summed E-state index contributed by atoms with van der Waals surface area (Å²) in [5.41, 5.74) is 5.84. The molecule has 0 spiro atoms. The molecule has 0 unspecified atom stereocenters. The van der Waals surface area contributed by atoms with Crippen molar-refractivity contribution in [3.05, 3.63) is 94.0 Å². The second-order valence-corrected chi connectivity index (χ2v) is 12.9. The Balaban J connectivity index is 1.32. The van der Waals surface area contributed by atoms with Crippen LogP contribution in [-0.4, -0.2) is 73.6 Å². The normalized spacial score (nSPS) is 17.1. The van der Waals surface area contributed by atoms with Crippen LogP contribution in [0, 0.1) is 5.41 Å². The van der Waals surface area contributed by atoms with E-state index in [1.165, 1.54) is 28.0 Å². The summed E-state index contributed by atoms with van der Waals surface area (Å²) >= 11 is 6.19. The largest absolute Gasteiger partial charge is 0.478 e. The van der Waals surface area contributed by atoms with E-state index in [1.54, 1.807) is 50.5 Å². The van der Waals surface area contributed by atoms with Gasteiger partial charge in [0.2, 0.25) is 0 Å². The Bertz CT molecular complexity index is 1520. The zero-order valence-corrected chi connectivity index (χ0v) is 26.2. The maximum atomic E-state index is 12.7. The van der Waals surface area contributed by atoms with Gasteiger partial charge in [-0.2, -0.15) is 0 Å². The van der Waals surface area contributed by atoms with Gasteiger partial charge < -0.3 is 19.6 Å². The van der Waals surface area contributed by atoms with Crippen LogP contribution in [0.2, 0.25) is 5.02 Å². The van der Waals surface area contributed by atoms with Gasteiger partial charge in [0, 0.05) is 63.6 Å². The van der Waals surface area contributed by atoms with Crippen molar-refractivity contribution in [1.29, 1.82) is 0 Å². The van der Waals surface area contributed by atoms with Crippen LogP contribution in [0.4, 0.5) is 5.69 Å². The molecular formula is C35H40ClN3O4. The summed E-state index contributed by atoms with van der Waals surface area (Å²) in [7, 11) is 3.35. The standard InChI is InChI=1S/C35H40ClN3O4/c1-35(2)16-15-25(30(22-35)24-9-11-26(36)12-10-24)23-38-17-19-39(20-18-38)27-13-14-29(34(41)42)32(21-27)43-31-8-6-5-7-28(31)33(40)37(3)4/h5-14,21H,15-20,22-23H2,1-4H3,(H,41,42). The maximum Gasteiger partial charge on any atom is 0.339 e. The number of para-hydroxylation sites is 1. The van der Waals surface area contributed by atoms with E-state index in [0.717, 1.165) is 56.3 Å². The molecule has 1 aliphatic heterocycles. The SMILES string of the molecule is CN(C)C(=O)c1ccccc1Oc1cc(N2CCN(CC3=C(c4ccc(Cl)cc4)CC(C)(C)CC3)CC2)ccc1C(=O)O. The van der Waals surface area contributed by atoms with Gasteiger partial charge in [-0.3, -0.25) is 9.69 Å². The number of piperazine rings is 1. The number of carbonyl (C=O) groups excluding carboxylic acids is 1. The Morgan fingerprint density at radius 2 is 1.63 bits per heavy atom. The van der Waals surface area contributed by atoms with Crippen molar-refractivity contribution in [3.63, 3.8) is 0 Å². The molecule has 1 heterocycles. The van der Waals surface area contributed by atoms with Crippen LogP contribution in [0.25, 0.3) is 5.57 Å². The van der Waals surface area contributed by atoms with E-state index in [9.17, 15) is 14.7 Å². The zero-order chi connectivity index (χ0) is 30.7. The second kappa shape index (κ2) is 12.8. The van der Waals surface area contributed by atoms with Crippen LogP contribution in [0.1, 0.15) is 59.4 Å². The molecule has 1 N–H and O–H groups in total. The number of carboxylic acids is 1. The minimum absolute atomic E-state index is 0.0522. The molecule has 3 aromatic carbocycles. The highest BCUT2D eigenvalue weighted by Gasteiger charge is 2.29. The zero-order valence-electron chi connectivity index (χ0n) is 25.4. The van der Waals surface area contributed by atoms with Crippen molar-refractivity contribution < 1.29 is 19.4 Å². The van der Waals surface area contributed by atoms with E-state index in [4.69, 9.17) is 16.3 Å². The first kappa shape index (κ1) is 30.6. The first-order valence-corrected chi connectivity index (χ1v) is 15.2. The molecule has 1 saturated heterocycles. The fourth-order valence-electron chi connectivity index (χ4n) is 5.96. The third-order valence-corrected chi connectivity index (χ3v) is 8.72. The summed E-state index contributed by atoms with van der Waals surface area (Å²) in [6, 6.07) is 20.4. The number of hydrogen-bond donors (Lipinski definition) is 1. The summed E-state index contributed by atoms with van der Waals surface area (Å²) in [5, 5.41) is 10.6. The van der Waals surface area contributed by atoms with Crippen LogP contribution in [-0.2, 0) is 0 Å². The van der Waals surface area contributed by atoms with Gasteiger partial charge in [-0.1, -0.05) is 55.3 Å². The van der Waals surface area contributed by atoms with E-state index in [-0.39, 0.29) is 22.6 Å². The number of benzene rings is 3. The number of aromatic carboxylic acids is 1. The molecule has 0 atom stereocenters. The Morgan fingerprint density at radius 3 is 2.30 bits per heavy atom. The number of anilines is 1. The molecule has 226 valence electrons. The predicted molar refractivity (Wildman–Crippen MR) is 173 cm³/mol. The summed E-state index contributed by atoms with van der Waals surface area (Å²) in [6.45, 7) is 9.09. The number of hydrogen-bond acceptors (Lipinski definition) is 5. The Kier molecular flexibility index (Phi) is 9.13. The van der Waals surface area contributed by atoms with Crippen molar-refractivity contribution in [2.24, 2.45) is 5.41 Å². The molecule has 0 bridgehead atoms. The molecule has 0 radical (unpaired) electrons. The minimum atomic E-state index is -1.08. The highest BCUT2D eigenvalue weighted by atomic mass is 35.5. The average molecular weight is 602 g/mol. The molecule has 0 saturated carbocycles. The lowest BCUT2D eigenvalue weighted by atomic mass is 9.72. The molecule has 1 fully saturated rings. The average Bonchev–Trinajstić information content (AvgIpc) is 2.98. The lowest BCUT2D eigenvalue weighted by Crippen LogP contribution is -2.47. The molecule has 0 aromatic heterocycles. The van der Waals surface area contributed by atoms with E-state index in [2.05, 4.69) is 35.8 Å². The number of nitrogens with zero attached hydrogens (tertiary/aromatic N) is 3. The number of halogens is 1. The summed E-state index contributed by atoms with van der Waals surface area (Å²) < 4.78 is 6.12. The molecule has 3 aromatic rings. The number of ether oxygens (including phenoxy) is 1. The molecule has 8 heteroatoms. The molecule has 5 rings (SSSR count). The topological polar surface area (TPSA) is 73.3 Å². The molecule has 2 aliphatic rings. The smallest absolute Gasteiger partial charge is 0.339 e. The Morgan fingerprint density at radius 1 is 0.930 bits per heavy atom. The fraction of sp³-hybridized carbons (Fsp3) is 0.371. The van der Waals surface area contributed by atoms with Gasteiger partial charge in [-0.05, 0) is 72.2 Å². The lowest BCUT2D eigenvalue weighted by molar-refractivity contribution is 0.0694. The van der Waals surface area contributed by atoms with Crippen molar-refractivity contribution in [2.75, 3.05) is 51.7 Å². The Hall–Kier alpha value is -3.81. The monoisotopic (exact) mass is 601 g/mol. The third-order valence-electron chi connectivity index (χ3n) is 8.47. The number of amides is 1. The van der Waals surface area contributed by atoms with Crippen molar-refractivity contribution >= 4 is 34.7 Å². The fourth-order valence-corrected chi connectivity index (χ4v) is 6.08. The van der Waals surface area contributed by atoms with Crippen LogP contribution in [0.5, 0.6) is 11.5 Å². The summed E-state index contributed by atoms with van der Waals surface area (Å²) in [5.74, 6) is -0.751. The maximum absolute atomic E-state index is 12.7. The molecule has 1 amide bonds. The van der Waals surface area contributed by atoms with Gasteiger partial charge in [-0.15, -0.1) is 0 Å². The minimum Gasteiger partial charge on any atom is -0.478 e. The van der Waals surface area contributed by atoms with Crippen molar-refractivity contribution in [1.82, 2.24) is 9.80 Å². The van der Waals surface area contributed by atoms with Crippen molar-refractivity contribution in [2.45, 2.75) is 33.1 Å².